The third-order valence-corrected chi connectivity index (χ3v) is 5.65. The molecule has 2 atom stereocenters. The van der Waals surface area contributed by atoms with Crippen molar-refractivity contribution in [3.63, 3.8) is 0 Å². The molecule has 4 rings (SSSR count). The number of likely N-dealkylation sites (tertiary alicyclic amines) is 1. The molecule has 1 aromatic rings. The van der Waals surface area contributed by atoms with E-state index >= 15 is 0 Å². The van der Waals surface area contributed by atoms with Gasteiger partial charge in [-0.2, -0.15) is 0 Å². The first-order chi connectivity index (χ1) is 13.2. The molecule has 2 unspecified atom stereocenters. The largest absolute Gasteiger partial charge is 0.444 e. The summed E-state index contributed by atoms with van der Waals surface area (Å²) in [6.07, 6.45) is 2.74. The molecule has 2 amide bonds. The highest BCUT2D eigenvalue weighted by Gasteiger charge is 2.44. The summed E-state index contributed by atoms with van der Waals surface area (Å²) in [6, 6.07) is 4.22. The molecular weight excluding hydrogens is 356 g/mol. The van der Waals surface area contributed by atoms with Crippen LogP contribution in [0.2, 0.25) is 0 Å². The van der Waals surface area contributed by atoms with Gasteiger partial charge in [-0.25, -0.2) is 9.78 Å². The number of ether oxygens (including phenoxy) is 1. The number of carbonyl (C=O) groups is 2. The van der Waals surface area contributed by atoms with E-state index in [0.29, 0.717) is 18.3 Å². The van der Waals surface area contributed by atoms with Crippen molar-refractivity contribution in [3.8, 4) is 0 Å². The second kappa shape index (κ2) is 6.94. The van der Waals surface area contributed by atoms with Crippen molar-refractivity contribution in [2.24, 2.45) is 11.8 Å². The lowest BCUT2D eigenvalue weighted by molar-refractivity contribution is -0.117. The molecule has 1 aliphatic carbocycles. The lowest BCUT2D eigenvalue weighted by atomic mass is 10.1. The molecule has 0 bridgehead atoms. The number of nitrogens with one attached hydrogen (secondary N) is 1. The average molecular weight is 386 g/mol. The molecule has 2 saturated heterocycles. The highest BCUT2D eigenvalue weighted by atomic mass is 16.6. The Balaban J connectivity index is 1.47. The van der Waals surface area contributed by atoms with Crippen molar-refractivity contribution >= 4 is 23.6 Å². The van der Waals surface area contributed by atoms with Crippen molar-refractivity contribution in [2.45, 2.75) is 58.6 Å². The van der Waals surface area contributed by atoms with Gasteiger partial charge in [0, 0.05) is 31.5 Å². The minimum Gasteiger partial charge on any atom is -0.444 e. The van der Waals surface area contributed by atoms with E-state index in [0.717, 1.165) is 43.7 Å². The van der Waals surface area contributed by atoms with E-state index in [9.17, 15) is 9.59 Å². The first kappa shape index (κ1) is 19.0. The van der Waals surface area contributed by atoms with Crippen LogP contribution in [0.3, 0.4) is 0 Å². The third-order valence-electron chi connectivity index (χ3n) is 5.65. The number of hydrogen-bond acceptors (Lipinski definition) is 5. The summed E-state index contributed by atoms with van der Waals surface area (Å²) in [5.74, 6) is 2.15. The zero-order chi connectivity index (χ0) is 20.1. The van der Waals surface area contributed by atoms with Crippen molar-refractivity contribution < 1.29 is 14.3 Å². The molecule has 2 aliphatic heterocycles. The maximum atomic E-state index is 12.5. The summed E-state index contributed by atoms with van der Waals surface area (Å²) in [4.78, 5) is 33.4. The molecular formula is C21H30N4O3. The summed E-state index contributed by atoms with van der Waals surface area (Å²) >= 11 is 0. The first-order valence-electron chi connectivity index (χ1n) is 10.2. The Bertz CT molecular complexity index is 784. The smallest absolute Gasteiger partial charge is 0.410 e. The fourth-order valence-electron chi connectivity index (χ4n) is 4.16. The molecule has 3 fully saturated rings. The number of nitrogens with zero attached hydrogens (tertiary/aromatic N) is 3. The van der Waals surface area contributed by atoms with Gasteiger partial charge in [0.05, 0.1) is 6.04 Å². The van der Waals surface area contributed by atoms with Crippen LogP contribution in [-0.2, 0) is 9.53 Å². The highest BCUT2D eigenvalue weighted by Crippen LogP contribution is 2.36. The van der Waals surface area contributed by atoms with Gasteiger partial charge in [-0.05, 0) is 64.7 Å². The third kappa shape index (κ3) is 4.08. The van der Waals surface area contributed by atoms with Crippen LogP contribution in [0.5, 0.6) is 0 Å². The summed E-state index contributed by atoms with van der Waals surface area (Å²) in [5, 5.41) is 2.96. The van der Waals surface area contributed by atoms with Crippen LogP contribution in [0.1, 0.15) is 45.6 Å². The standard InChI is InChI=1S/C21H30N4O3/c1-13-9-17(23-19(26)14-5-6-14)22-18(10-13)25-8-7-15-11-24(12-16(15)25)20(27)28-21(2,3)4/h9-10,14-16H,5-8,11-12H2,1-4H3,(H,22,23,26). The SMILES string of the molecule is Cc1cc(NC(=O)C2CC2)nc(N2CCC3CN(C(=O)OC(C)(C)C)CC32)c1. The summed E-state index contributed by atoms with van der Waals surface area (Å²) in [5.41, 5.74) is 0.586. The number of aromatic nitrogens is 1. The fraction of sp³-hybridized carbons (Fsp3) is 0.667. The Labute approximate surface area is 166 Å². The lowest BCUT2D eigenvalue weighted by Crippen LogP contribution is -2.39. The highest BCUT2D eigenvalue weighted by molar-refractivity contribution is 5.93. The van der Waals surface area contributed by atoms with Gasteiger partial charge in [-0.1, -0.05) is 0 Å². The van der Waals surface area contributed by atoms with Crippen molar-refractivity contribution in [3.05, 3.63) is 17.7 Å². The van der Waals surface area contributed by atoms with Gasteiger partial charge in [0.1, 0.15) is 17.2 Å². The predicted octanol–water partition coefficient (Wildman–Crippen LogP) is 3.18. The van der Waals surface area contributed by atoms with Crippen LogP contribution in [0, 0.1) is 18.8 Å². The van der Waals surface area contributed by atoms with E-state index in [1.54, 1.807) is 0 Å². The number of fused-ring (bicyclic) bond motifs is 1. The van der Waals surface area contributed by atoms with Gasteiger partial charge < -0.3 is 19.9 Å². The molecule has 0 radical (unpaired) electrons. The Hall–Kier alpha value is -2.31. The summed E-state index contributed by atoms with van der Waals surface area (Å²) < 4.78 is 5.54. The minimum atomic E-state index is -0.485. The zero-order valence-electron chi connectivity index (χ0n) is 17.2. The predicted molar refractivity (Wildman–Crippen MR) is 107 cm³/mol. The number of pyridine rings is 1. The molecule has 3 heterocycles. The molecule has 1 N–H and O–H groups in total. The van der Waals surface area contributed by atoms with Crippen LogP contribution in [0.15, 0.2) is 12.1 Å². The monoisotopic (exact) mass is 386 g/mol. The molecule has 7 nitrogen and oxygen atoms in total. The van der Waals surface area contributed by atoms with Gasteiger partial charge in [0.2, 0.25) is 5.91 Å². The van der Waals surface area contributed by atoms with Crippen molar-refractivity contribution in [2.75, 3.05) is 29.9 Å². The number of aryl methyl sites for hydroxylation is 1. The normalized spacial score (nSPS) is 24.3. The molecule has 28 heavy (non-hydrogen) atoms. The molecule has 0 aromatic carbocycles. The summed E-state index contributed by atoms with van der Waals surface area (Å²) in [7, 11) is 0. The van der Waals surface area contributed by atoms with Crippen molar-refractivity contribution in [1.82, 2.24) is 9.88 Å². The quantitative estimate of drug-likeness (QED) is 0.864. The van der Waals surface area contributed by atoms with E-state index in [2.05, 4.69) is 16.3 Å². The maximum absolute atomic E-state index is 12.5. The maximum Gasteiger partial charge on any atom is 0.410 e. The number of anilines is 2. The molecule has 1 aromatic heterocycles. The van der Waals surface area contributed by atoms with Crippen LogP contribution in [-0.4, -0.2) is 53.2 Å². The number of amides is 2. The minimum absolute atomic E-state index is 0.0697. The van der Waals surface area contributed by atoms with Gasteiger partial charge in [0.15, 0.2) is 0 Å². The summed E-state index contributed by atoms with van der Waals surface area (Å²) in [6.45, 7) is 10.00. The average Bonchev–Trinajstić information content (AvgIpc) is 3.22. The molecule has 7 heteroatoms. The van der Waals surface area contributed by atoms with Crippen LogP contribution >= 0.6 is 0 Å². The topological polar surface area (TPSA) is 74.8 Å². The fourth-order valence-corrected chi connectivity index (χ4v) is 4.16. The van der Waals surface area contributed by atoms with Gasteiger partial charge in [-0.3, -0.25) is 4.79 Å². The second-order valence-electron chi connectivity index (χ2n) is 9.35. The Morgan fingerprint density at radius 3 is 2.61 bits per heavy atom. The molecule has 152 valence electrons. The lowest BCUT2D eigenvalue weighted by Gasteiger charge is -2.28. The molecule has 3 aliphatic rings. The van der Waals surface area contributed by atoms with Crippen LogP contribution in [0.4, 0.5) is 16.4 Å². The second-order valence-corrected chi connectivity index (χ2v) is 9.35. The van der Waals surface area contributed by atoms with E-state index in [1.165, 1.54) is 0 Å². The zero-order valence-corrected chi connectivity index (χ0v) is 17.2. The number of rotatable bonds is 3. The van der Waals surface area contributed by atoms with E-state index in [1.807, 2.05) is 38.7 Å². The first-order valence-corrected chi connectivity index (χ1v) is 10.2. The van der Waals surface area contributed by atoms with Gasteiger partial charge in [0.25, 0.3) is 0 Å². The molecule has 1 saturated carbocycles. The Morgan fingerprint density at radius 1 is 1.18 bits per heavy atom. The number of hydrogen-bond donors (Lipinski definition) is 1. The molecule has 0 spiro atoms. The van der Waals surface area contributed by atoms with Gasteiger partial charge >= 0.3 is 6.09 Å². The Morgan fingerprint density at radius 2 is 1.93 bits per heavy atom. The van der Waals surface area contributed by atoms with E-state index in [4.69, 9.17) is 9.72 Å². The van der Waals surface area contributed by atoms with Crippen molar-refractivity contribution in [1.29, 1.82) is 0 Å². The Kier molecular flexibility index (Phi) is 4.71. The number of carbonyl (C=O) groups excluding carboxylic acids is 2. The van der Waals surface area contributed by atoms with E-state index < -0.39 is 5.60 Å². The van der Waals surface area contributed by atoms with Crippen LogP contribution in [0.25, 0.3) is 0 Å². The van der Waals surface area contributed by atoms with Crippen LogP contribution < -0.4 is 10.2 Å². The van der Waals surface area contributed by atoms with E-state index in [-0.39, 0.29) is 24.0 Å². The van der Waals surface area contributed by atoms with Gasteiger partial charge in [-0.15, -0.1) is 0 Å².